The minimum absolute atomic E-state index is 0.948. The Morgan fingerprint density at radius 1 is 1.13 bits per heavy atom. The molecule has 1 rings (SSSR count). The van der Waals surface area contributed by atoms with E-state index in [1.807, 2.05) is 0 Å². The van der Waals surface area contributed by atoms with E-state index >= 15 is 0 Å². The molecule has 1 aliphatic rings. The molecule has 15 heavy (non-hydrogen) atoms. The molecule has 1 saturated carbocycles. The highest BCUT2D eigenvalue weighted by Gasteiger charge is 2.38. The van der Waals surface area contributed by atoms with Crippen molar-refractivity contribution in [3.05, 3.63) is 0 Å². The Morgan fingerprint density at radius 3 is 2.27 bits per heavy atom. The van der Waals surface area contributed by atoms with Gasteiger partial charge in [0.15, 0.2) is 0 Å². The van der Waals surface area contributed by atoms with Gasteiger partial charge in [0, 0.05) is 0 Å². The molecule has 0 saturated heterocycles. The maximum Gasteiger partial charge on any atom is -0.0357 e. The molecule has 1 aliphatic carbocycles. The molecule has 0 aromatic rings. The van der Waals surface area contributed by atoms with E-state index in [2.05, 4.69) is 27.7 Å². The fourth-order valence-electron chi connectivity index (χ4n) is 2.88. The van der Waals surface area contributed by atoms with Crippen LogP contribution in [-0.2, 0) is 0 Å². The van der Waals surface area contributed by atoms with Crippen molar-refractivity contribution in [2.45, 2.75) is 72.6 Å². The zero-order valence-corrected chi connectivity index (χ0v) is 11.3. The summed E-state index contributed by atoms with van der Waals surface area (Å²) in [5.41, 5.74) is 0. The normalized spacial score (nSPS) is 28.8. The van der Waals surface area contributed by atoms with E-state index in [1.54, 1.807) is 0 Å². The SMILES string of the molecule is CCCC(CCCC(C)CC)C1CC1C. The predicted molar refractivity (Wildman–Crippen MR) is 69.0 cm³/mol. The molecule has 4 unspecified atom stereocenters. The van der Waals surface area contributed by atoms with Crippen LogP contribution >= 0.6 is 0 Å². The van der Waals surface area contributed by atoms with Gasteiger partial charge in [-0.15, -0.1) is 0 Å². The van der Waals surface area contributed by atoms with Gasteiger partial charge in [0.05, 0.1) is 0 Å². The molecule has 90 valence electrons. The first kappa shape index (κ1) is 13.1. The van der Waals surface area contributed by atoms with E-state index in [0.29, 0.717) is 0 Å². The first-order chi connectivity index (χ1) is 7.19. The molecule has 0 heteroatoms. The highest BCUT2D eigenvalue weighted by molar-refractivity contribution is 4.88. The Balaban J connectivity index is 2.14. The predicted octanol–water partition coefficient (Wildman–Crippen LogP) is 5.28. The van der Waals surface area contributed by atoms with Crippen LogP contribution in [0.4, 0.5) is 0 Å². The number of rotatable bonds is 8. The largest absolute Gasteiger partial charge is 0.0654 e. The summed E-state index contributed by atoms with van der Waals surface area (Å²) in [6.07, 6.45) is 10.2. The second-order valence-corrected chi connectivity index (χ2v) is 5.87. The van der Waals surface area contributed by atoms with Crippen LogP contribution in [0.3, 0.4) is 0 Å². The van der Waals surface area contributed by atoms with Crippen molar-refractivity contribution < 1.29 is 0 Å². The number of hydrogen-bond acceptors (Lipinski definition) is 0. The van der Waals surface area contributed by atoms with Crippen LogP contribution in [0.25, 0.3) is 0 Å². The quantitative estimate of drug-likeness (QED) is 0.511. The third kappa shape index (κ3) is 4.57. The van der Waals surface area contributed by atoms with Crippen LogP contribution < -0.4 is 0 Å². The average molecular weight is 210 g/mol. The Hall–Kier alpha value is 0. The summed E-state index contributed by atoms with van der Waals surface area (Å²) in [4.78, 5) is 0. The molecular weight excluding hydrogens is 180 g/mol. The Bertz CT molecular complexity index is 161. The zero-order valence-electron chi connectivity index (χ0n) is 11.3. The fourth-order valence-corrected chi connectivity index (χ4v) is 2.88. The summed E-state index contributed by atoms with van der Waals surface area (Å²) < 4.78 is 0. The average Bonchev–Trinajstić information content (AvgIpc) is 2.94. The van der Waals surface area contributed by atoms with Crippen LogP contribution in [0.2, 0.25) is 0 Å². The Kier molecular flexibility index (Phi) is 5.71. The van der Waals surface area contributed by atoms with Crippen molar-refractivity contribution >= 4 is 0 Å². The number of hydrogen-bond donors (Lipinski definition) is 0. The first-order valence-electron chi connectivity index (χ1n) is 7.19. The van der Waals surface area contributed by atoms with Crippen molar-refractivity contribution in [1.82, 2.24) is 0 Å². The molecule has 0 amide bonds. The Morgan fingerprint density at radius 2 is 1.80 bits per heavy atom. The second-order valence-electron chi connectivity index (χ2n) is 5.87. The Labute approximate surface area is 96.8 Å². The lowest BCUT2D eigenvalue weighted by Gasteiger charge is -2.17. The third-order valence-corrected chi connectivity index (χ3v) is 4.41. The fraction of sp³-hybridized carbons (Fsp3) is 1.00. The lowest BCUT2D eigenvalue weighted by atomic mass is 9.89. The zero-order chi connectivity index (χ0) is 11.3. The second kappa shape index (κ2) is 6.55. The van der Waals surface area contributed by atoms with Crippen LogP contribution in [-0.4, -0.2) is 0 Å². The molecule has 0 nitrogen and oxygen atoms in total. The summed E-state index contributed by atoms with van der Waals surface area (Å²) >= 11 is 0. The minimum atomic E-state index is 0.948. The van der Waals surface area contributed by atoms with Crippen molar-refractivity contribution in [3.8, 4) is 0 Å². The molecule has 4 atom stereocenters. The van der Waals surface area contributed by atoms with Gasteiger partial charge >= 0.3 is 0 Å². The van der Waals surface area contributed by atoms with Gasteiger partial charge in [0.1, 0.15) is 0 Å². The monoisotopic (exact) mass is 210 g/mol. The van der Waals surface area contributed by atoms with Crippen molar-refractivity contribution in [2.24, 2.45) is 23.7 Å². The molecule has 0 heterocycles. The molecular formula is C15H30. The van der Waals surface area contributed by atoms with Gasteiger partial charge in [-0.25, -0.2) is 0 Å². The summed E-state index contributed by atoms with van der Waals surface area (Å²) in [5, 5.41) is 0. The van der Waals surface area contributed by atoms with Gasteiger partial charge in [-0.1, -0.05) is 66.2 Å². The molecule has 0 radical (unpaired) electrons. The highest BCUT2D eigenvalue weighted by atomic mass is 14.4. The van der Waals surface area contributed by atoms with E-state index in [-0.39, 0.29) is 0 Å². The molecule has 0 N–H and O–H groups in total. The van der Waals surface area contributed by atoms with Gasteiger partial charge < -0.3 is 0 Å². The van der Waals surface area contributed by atoms with Gasteiger partial charge in [-0.05, 0) is 30.1 Å². The smallest absolute Gasteiger partial charge is 0.0357 e. The van der Waals surface area contributed by atoms with Crippen molar-refractivity contribution in [3.63, 3.8) is 0 Å². The third-order valence-electron chi connectivity index (χ3n) is 4.41. The molecule has 0 bridgehead atoms. The molecule has 1 fully saturated rings. The highest BCUT2D eigenvalue weighted by Crippen LogP contribution is 2.47. The lowest BCUT2D eigenvalue weighted by molar-refractivity contribution is 0.349. The standard InChI is InChI=1S/C15H30/c1-5-8-14(15-11-13(15)4)10-7-9-12(3)6-2/h12-15H,5-11H2,1-4H3. The summed E-state index contributed by atoms with van der Waals surface area (Å²) in [5.74, 6) is 4.16. The minimum Gasteiger partial charge on any atom is -0.0654 e. The lowest BCUT2D eigenvalue weighted by Crippen LogP contribution is -2.05. The van der Waals surface area contributed by atoms with Crippen molar-refractivity contribution in [2.75, 3.05) is 0 Å². The van der Waals surface area contributed by atoms with Crippen LogP contribution in [0, 0.1) is 23.7 Å². The van der Waals surface area contributed by atoms with E-state index in [9.17, 15) is 0 Å². The topological polar surface area (TPSA) is 0 Å². The van der Waals surface area contributed by atoms with E-state index in [4.69, 9.17) is 0 Å². The molecule has 0 aromatic carbocycles. The van der Waals surface area contributed by atoms with Gasteiger partial charge in [-0.3, -0.25) is 0 Å². The summed E-state index contributed by atoms with van der Waals surface area (Å²) in [7, 11) is 0. The van der Waals surface area contributed by atoms with Crippen LogP contribution in [0.5, 0.6) is 0 Å². The molecule has 0 aliphatic heterocycles. The van der Waals surface area contributed by atoms with Gasteiger partial charge in [-0.2, -0.15) is 0 Å². The molecule has 0 spiro atoms. The van der Waals surface area contributed by atoms with E-state index in [1.165, 1.54) is 44.9 Å². The van der Waals surface area contributed by atoms with Gasteiger partial charge in [0.25, 0.3) is 0 Å². The van der Waals surface area contributed by atoms with E-state index in [0.717, 1.165) is 23.7 Å². The van der Waals surface area contributed by atoms with Crippen LogP contribution in [0.1, 0.15) is 72.6 Å². The summed E-state index contributed by atoms with van der Waals surface area (Å²) in [6.45, 7) is 9.49. The van der Waals surface area contributed by atoms with Crippen LogP contribution in [0.15, 0.2) is 0 Å². The van der Waals surface area contributed by atoms with Crippen molar-refractivity contribution in [1.29, 1.82) is 0 Å². The molecule has 0 aromatic heterocycles. The first-order valence-corrected chi connectivity index (χ1v) is 7.19. The van der Waals surface area contributed by atoms with Gasteiger partial charge in [0.2, 0.25) is 0 Å². The van der Waals surface area contributed by atoms with E-state index < -0.39 is 0 Å². The maximum atomic E-state index is 2.43. The summed E-state index contributed by atoms with van der Waals surface area (Å²) in [6, 6.07) is 0. The maximum absolute atomic E-state index is 2.43.